The number of rotatable bonds is 50. The number of benzene rings is 2. The van der Waals surface area contributed by atoms with E-state index in [9.17, 15) is 71.9 Å². The van der Waals surface area contributed by atoms with E-state index in [-0.39, 0.29) is 251 Å². The van der Waals surface area contributed by atoms with Gasteiger partial charge in [0.2, 0.25) is 47.0 Å². The molecule has 16 amide bonds. The standard InChI is InChI=1S/C86H111N27O22/c1-53-41-57(16-17-59(53)97-86(87)128)113(51-71(118)111-28-30-112(31-29-111)85(127)58-13-11-14-63(129-9)73(58)130-10)72(119)52-135-40-39-134-38-37-133-36-35-132-34-33-131-32-26-88-67(114)18-22-92-82(124)76-102-66(50-109(76)7)103-80(122)62-42-54(45-107(62)5)94-69(116)19-24-93-81(123)75-100-64(48-108(75)6)98-68(115)15-12-21-90-78(120)60-44-56(47-105(60)3)96-84(126)77-101-65(49-110(77)8)99-70(117)20-23-91-79(121)61-43-55(46-106(61)4)95-83(125)74-89-25-27-104(74)2/h11,13-14,16-17,25,27,41-50H,12,15,18-24,26,28-40,51-52H2,1-10H3,(H,88,114)(H,90,120)(H,91,121)(H,92,124)(H,93,123)(H,94,116)(H,95,125)(H,96,126)(H,98,115)(H,99,117)(H,103,122)(H3,87,97,128). The number of methoxy groups -OCH3 is 2. The summed E-state index contributed by atoms with van der Waals surface area (Å²) < 4.78 is 49.0. The highest BCUT2D eigenvalue weighted by atomic mass is 16.6. The van der Waals surface area contributed by atoms with Gasteiger partial charge in [-0.3, -0.25) is 67.1 Å². The second-order valence-corrected chi connectivity index (χ2v) is 30.6. The van der Waals surface area contributed by atoms with Crippen molar-refractivity contribution in [1.82, 2.24) is 88.3 Å². The van der Waals surface area contributed by atoms with E-state index >= 15 is 0 Å². The summed E-state index contributed by atoms with van der Waals surface area (Å²) in [6, 6.07) is 13.4. The Morgan fingerprint density at radius 1 is 0.415 bits per heavy atom. The van der Waals surface area contributed by atoms with Crippen LogP contribution >= 0.6 is 0 Å². The Labute approximate surface area is 773 Å². The number of ether oxygens (including phenoxy) is 7. The van der Waals surface area contributed by atoms with Gasteiger partial charge in [-0.2, -0.15) is 0 Å². The number of para-hydroxylation sites is 1. The van der Waals surface area contributed by atoms with E-state index in [1.54, 1.807) is 119 Å². The first-order valence-corrected chi connectivity index (χ1v) is 42.7. The van der Waals surface area contributed by atoms with Crippen molar-refractivity contribution in [2.45, 2.75) is 39.0 Å². The maximum absolute atomic E-state index is 13.8. The SMILES string of the molecule is COc1cccc(C(=O)N2CCN(C(=O)CN(C(=O)COCCOCCOCCOCCOCCNC(=O)CCNC(=O)c3nc(NC(=O)c4cc(NC(=O)CCNC(=O)c5nc(NC(=O)CCCNC(=O)c6cc(NC(=O)c7nc(NC(=O)CCNC(=O)c8cc(NC(=O)c9nccn9C)cn8C)cn7C)cn6C)cn5C)cn4C)cn3C)c3ccc(NC(N)=O)c(C)c3)CC2)c1OC. The van der Waals surface area contributed by atoms with Crippen molar-refractivity contribution in [2.75, 3.05) is 188 Å². The zero-order valence-corrected chi connectivity index (χ0v) is 76.3. The van der Waals surface area contributed by atoms with Gasteiger partial charge >= 0.3 is 6.03 Å². The molecule has 135 heavy (non-hydrogen) atoms. The Morgan fingerprint density at radius 2 is 0.874 bits per heavy atom. The van der Waals surface area contributed by atoms with E-state index in [0.29, 0.717) is 39.7 Å². The molecule has 1 fully saturated rings. The highest BCUT2D eigenvalue weighted by molar-refractivity contribution is 6.07. The van der Waals surface area contributed by atoms with Crippen LogP contribution in [0, 0.1) is 6.92 Å². The first kappa shape index (κ1) is 101. The van der Waals surface area contributed by atoms with E-state index in [1.807, 2.05) is 0 Å². The van der Waals surface area contributed by atoms with Crippen LogP contribution in [0.4, 0.5) is 50.7 Å². The molecule has 0 spiro atoms. The van der Waals surface area contributed by atoms with Crippen molar-refractivity contribution >= 4 is 135 Å². The zero-order valence-electron chi connectivity index (χ0n) is 76.3. The van der Waals surface area contributed by atoms with Crippen LogP contribution in [0.1, 0.15) is 122 Å². The van der Waals surface area contributed by atoms with Crippen molar-refractivity contribution < 1.29 is 105 Å². The summed E-state index contributed by atoms with van der Waals surface area (Å²) in [6.07, 6.45) is 11.8. The normalized spacial score (nSPS) is 11.7. The van der Waals surface area contributed by atoms with Crippen molar-refractivity contribution in [1.29, 1.82) is 0 Å². The molecular weight excluding hydrogens is 1760 g/mol. The fraction of sp³-hybridized carbons (Fsp3) is 0.407. The van der Waals surface area contributed by atoms with E-state index in [0.717, 1.165) is 0 Å². The summed E-state index contributed by atoms with van der Waals surface area (Å²) in [4.78, 5) is 217. The lowest BCUT2D eigenvalue weighted by Crippen LogP contribution is -2.53. The molecule has 2 aromatic carbocycles. The molecule has 0 unspecified atom stereocenters. The summed E-state index contributed by atoms with van der Waals surface area (Å²) >= 11 is 0. The number of aromatic nitrogens is 11. The Balaban J connectivity index is 0.523. The lowest BCUT2D eigenvalue weighted by molar-refractivity contribution is -0.133. The number of nitrogens with zero attached hydrogens (tertiary/aromatic N) is 14. The molecule has 49 nitrogen and oxygen atoms in total. The molecule has 10 rings (SSSR count). The minimum absolute atomic E-state index is 0.0243. The molecule has 0 aliphatic carbocycles. The molecule has 1 aliphatic rings. The monoisotopic (exact) mass is 1870 g/mol. The average Bonchev–Trinajstić information content (AvgIpc) is 1.21. The van der Waals surface area contributed by atoms with Gasteiger partial charge in [-0.15, -0.1) is 0 Å². The fourth-order valence-electron chi connectivity index (χ4n) is 13.7. The van der Waals surface area contributed by atoms with E-state index in [4.69, 9.17) is 38.9 Å². The van der Waals surface area contributed by atoms with Gasteiger partial charge in [0.05, 0.1) is 96.3 Å². The molecule has 0 atom stereocenters. The number of urea groups is 1. The number of hydrogen-bond acceptors (Lipinski definition) is 26. The molecule has 0 saturated carbocycles. The number of primary amides is 1. The molecule has 722 valence electrons. The van der Waals surface area contributed by atoms with Gasteiger partial charge in [-0.25, -0.2) is 24.7 Å². The topological polar surface area (TPSA) is 587 Å². The molecule has 9 aromatic rings. The summed E-state index contributed by atoms with van der Waals surface area (Å²) in [7, 11) is 14.1. The van der Waals surface area contributed by atoms with Crippen molar-refractivity contribution in [3.63, 3.8) is 0 Å². The van der Waals surface area contributed by atoms with E-state index in [1.165, 1.54) is 102 Å². The zero-order chi connectivity index (χ0) is 97.4. The molecule has 0 radical (unpaired) electrons. The molecule has 49 heteroatoms. The molecule has 1 aliphatic heterocycles. The highest BCUT2D eigenvalue weighted by Gasteiger charge is 2.32. The minimum atomic E-state index is -0.763. The largest absolute Gasteiger partial charge is 0.493 e. The average molecular weight is 1880 g/mol. The van der Waals surface area contributed by atoms with Gasteiger partial charge in [0.25, 0.3) is 53.2 Å². The van der Waals surface area contributed by atoms with E-state index in [2.05, 4.69) is 83.7 Å². The number of anilines is 8. The molecule has 1 saturated heterocycles. The van der Waals surface area contributed by atoms with Gasteiger partial charge in [0, 0.05) is 195 Å². The Bertz CT molecular complexity index is 5770. The quantitative estimate of drug-likeness (QED) is 0.0238. The van der Waals surface area contributed by atoms with Crippen LogP contribution in [0.3, 0.4) is 0 Å². The fourth-order valence-corrected chi connectivity index (χ4v) is 13.7. The molecule has 0 bridgehead atoms. The number of nitrogens with two attached hydrogens (primary N) is 1. The smallest absolute Gasteiger partial charge is 0.316 e. The van der Waals surface area contributed by atoms with Crippen molar-refractivity contribution in [3.05, 3.63) is 156 Å². The van der Waals surface area contributed by atoms with Crippen LogP contribution < -0.4 is 83.9 Å². The number of imidazole rings is 4. The van der Waals surface area contributed by atoms with Crippen LogP contribution in [0.15, 0.2) is 104 Å². The predicted molar refractivity (Wildman–Crippen MR) is 487 cm³/mol. The summed E-state index contributed by atoms with van der Waals surface area (Å²) in [6.45, 7) is 4.04. The van der Waals surface area contributed by atoms with Gasteiger partial charge in [-0.05, 0) is 67.4 Å². The number of piperazine rings is 1. The Kier molecular flexibility index (Phi) is 37.3. The molecule has 14 N–H and O–H groups in total. The lowest BCUT2D eigenvalue weighted by Gasteiger charge is -2.36. The number of hydrogen-bond donors (Lipinski definition) is 13. The van der Waals surface area contributed by atoms with Crippen LogP contribution in [0.2, 0.25) is 0 Å². The first-order valence-electron chi connectivity index (χ1n) is 42.7. The second-order valence-electron chi connectivity index (χ2n) is 30.6. The van der Waals surface area contributed by atoms with Crippen LogP contribution in [-0.4, -0.2) is 296 Å². The van der Waals surface area contributed by atoms with E-state index < -0.39 is 71.0 Å². The van der Waals surface area contributed by atoms with Gasteiger partial charge in [0.15, 0.2) is 34.8 Å². The third-order valence-corrected chi connectivity index (χ3v) is 20.5. The number of aryl methyl sites for hydroxylation is 8. The second kappa shape index (κ2) is 49.6. The first-order chi connectivity index (χ1) is 64.7. The van der Waals surface area contributed by atoms with Crippen LogP contribution in [0.5, 0.6) is 11.5 Å². The Morgan fingerprint density at radius 3 is 1.39 bits per heavy atom. The third-order valence-electron chi connectivity index (χ3n) is 20.5. The summed E-state index contributed by atoms with van der Waals surface area (Å²) in [5.41, 5.74) is 8.53. The number of carbonyl (C=O) groups is 15. The van der Waals surface area contributed by atoms with Gasteiger partial charge in [0.1, 0.15) is 30.2 Å². The lowest BCUT2D eigenvalue weighted by atomic mass is 10.1. The number of nitrogens with one attached hydrogen (secondary N) is 12. The van der Waals surface area contributed by atoms with Gasteiger partial charge in [-0.1, -0.05) is 6.07 Å². The predicted octanol–water partition coefficient (Wildman–Crippen LogP) is 1.21. The van der Waals surface area contributed by atoms with Crippen molar-refractivity contribution in [3.8, 4) is 11.5 Å². The highest BCUT2D eigenvalue weighted by Crippen LogP contribution is 2.32. The molecular formula is C86H111N27O22. The summed E-state index contributed by atoms with van der Waals surface area (Å²) in [5.74, 6) is -5.93. The maximum Gasteiger partial charge on any atom is 0.316 e. The van der Waals surface area contributed by atoms with Crippen LogP contribution in [0.25, 0.3) is 0 Å². The summed E-state index contributed by atoms with van der Waals surface area (Å²) in [5, 5.41) is 31.9. The molecule has 7 aromatic heterocycles. The van der Waals surface area contributed by atoms with Gasteiger partial charge < -0.3 is 149 Å². The molecule has 8 heterocycles. The number of carbonyl (C=O) groups excluding carboxylic acids is 15. The maximum atomic E-state index is 13.8. The number of amides is 16. The third kappa shape index (κ3) is 29.7. The minimum Gasteiger partial charge on any atom is -0.493 e. The Hall–Kier alpha value is -15.6. The van der Waals surface area contributed by atoms with Crippen molar-refractivity contribution in [2.24, 2.45) is 55.1 Å². The van der Waals surface area contributed by atoms with Crippen LogP contribution in [-0.2, 0) is 102 Å².